The summed E-state index contributed by atoms with van der Waals surface area (Å²) in [6.45, 7) is 8.23. The van der Waals surface area contributed by atoms with Crippen molar-refractivity contribution in [1.29, 1.82) is 0 Å². The fourth-order valence-electron chi connectivity index (χ4n) is 3.60. The highest BCUT2D eigenvalue weighted by atomic mass is 16.5. The predicted octanol–water partition coefficient (Wildman–Crippen LogP) is 3.18. The second-order valence-corrected chi connectivity index (χ2v) is 7.77. The van der Waals surface area contributed by atoms with E-state index in [1.54, 1.807) is 18.6 Å². The molecule has 3 aromatic rings. The lowest BCUT2D eigenvalue weighted by molar-refractivity contribution is 0.370. The van der Waals surface area contributed by atoms with Crippen LogP contribution in [0.4, 0.5) is 5.95 Å². The van der Waals surface area contributed by atoms with Gasteiger partial charge in [0.25, 0.3) is 0 Å². The van der Waals surface area contributed by atoms with Crippen LogP contribution in [0.2, 0.25) is 0 Å². The number of rotatable bonds is 5. The lowest BCUT2D eigenvalue weighted by atomic mass is 10.1. The van der Waals surface area contributed by atoms with Gasteiger partial charge in [0.05, 0.1) is 0 Å². The molecule has 0 aliphatic carbocycles. The maximum atomic E-state index is 5.96. The Balaban J connectivity index is 1.32. The largest absolute Gasteiger partial charge is 0.439 e. The van der Waals surface area contributed by atoms with Crippen LogP contribution in [0.1, 0.15) is 16.7 Å². The Labute approximate surface area is 189 Å². The van der Waals surface area contributed by atoms with Gasteiger partial charge < -0.3 is 19.9 Å². The molecule has 0 amide bonds. The third kappa shape index (κ3) is 5.32. The van der Waals surface area contributed by atoms with E-state index < -0.39 is 0 Å². The monoisotopic (exact) mass is 431 g/mol. The summed E-state index contributed by atoms with van der Waals surface area (Å²) in [5.41, 5.74) is 3.52. The molecule has 0 saturated carbocycles. The highest BCUT2D eigenvalue weighted by molar-refractivity contribution is 5.80. The Hall–Kier alpha value is -3.68. The van der Waals surface area contributed by atoms with Crippen LogP contribution in [0.25, 0.3) is 0 Å². The van der Waals surface area contributed by atoms with Crippen LogP contribution in [0, 0.1) is 13.8 Å². The van der Waals surface area contributed by atoms with Crippen molar-refractivity contribution in [2.45, 2.75) is 20.4 Å². The van der Waals surface area contributed by atoms with E-state index in [1.807, 2.05) is 37.4 Å². The first-order valence-electron chi connectivity index (χ1n) is 10.8. The topological polar surface area (TPSA) is 78.8 Å². The summed E-state index contributed by atoms with van der Waals surface area (Å²) in [6.07, 6.45) is 5.33. The number of guanidine groups is 1. The standard InChI is InChI=1S/C24H29N7O/c1-18-5-6-21(15-19(18)2)32-22-16-20(7-10-26-22)17-29-23(25-3)30-11-13-31(14-12-30)24-27-8-4-9-28-24/h4-10,15-16H,11-14,17H2,1-3H3,(H,25,29). The van der Waals surface area contributed by atoms with Crippen LogP contribution in [0.5, 0.6) is 11.6 Å². The first kappa shape index (κ1) is 21.5. The lowest BCUT2D eigenvalue weighted by Crippen LogP contribution is -2.52. The molecule has 0 unspecified atom stereocenters. The van der Waals surface area contributed by atoms with Crippen LogP contribution in [-0.4, -0.2) is 59.0 Å². The Morgan fingerprint density at radius 2 is 1.75 bits per heavy atom. The number of aliphatic imine (C=N–C) groups is 1. The molecule has 1 aliphatic heterocycles. The van der Waals surface area contributed by atoms with Crippen LogP contribution in [0.3, 0.4) is 0 Å². The number of benzene rings is 1. The molecule has 32 heavy (non-hydrogen) atoms. The first-order valence-corrected chi connectivity index (χ1v) is 10.8. The van der Waals surface area contributed by atoms with Crippen LogP contribution in [-0.2, 0) is 6.54 Å². The van der Waals surface area contributed by atoms with E-state index in [1.165, 1.54) is 11.1 Å². The molecule has 1 N–H and O–H groups in total. The van der Waals surface area contributed by atoms with Crippen molar-refractivity contribution >= 4 is 11.9 Å². The molecule has 0 spiro atoms. The molecule has 2 aromatic heterocycles. The second kappa shape index (κ2) is 10.1. The van der Waals surface area contributed by atoms with Gasteiger partial charge in [-0.1, -0.05) is 6.07 Å². The van der Waals surface area contributed by atoms with Gasteiger partial charge >= 0.3 is 0 Å². The molecule has 1 fully saturated rings. The number of anilines is 1. The van der Waals surface area contributed by atoms with Crippen molar-refractivity contribution in [3.8, 4) is 11.6 Å². The summed E-state index contributed by atoms with van der Waals surface area (Å²) in [7, 11) is 1.82. The highest BCUT2D eigenvalue weighted by Crippen LogP contribution is 2.22. The Bertz CT molecular complexity index is 1060. The van der Waals surface area contributed by atoms with Crippen molar-refractivity contribution in [2.75, 3.05) is 38.1 Å². The maximum absolute atomic E-state index is 5.96. The fourth-order valence-corrected chi connectivity index (χ4v) is 3.60. The summed E-state index contributed by atoms with van der Waals surface area (Å²) >= 11 is 0. The third-order valence-electron chi connectivity index (χ3n) is 5.58. The second-order valence-electron chi connectivity index (χ2n) is 7.77. The number of ether oxygens (including phenoxy) is 1. The van der Waals surface area contributed by atoms with Gasteiger partial charge in [0.2, 0.25) is 11.8 Å². The van der Waals surface area contributed by atoms with Crippen molar-refractivity contribution < 1.29 is 4.74 Å². The molecule has 8 heteroatoms. The molecule has 166 valence electrons. The van der Waals surface area contributed by atoms with Gasteiger partial charge in [0.15, 0.2) is 5.96 Å². The number of aromatic nitrogens is 3. The number of pyridine rings is 1. The third-order valence-corrected chi connectivity index (χ3v) is 5.58. The molecule has 4 rings (SSSR count). The average Bonchev–Trinajstić information content (AvgIpc) is 2.83. The van der Waals surface area contributed by atoms with Gasteiger partial charge in [-0.25, -0.2) is 15.0 Å². The van der Waals surface area contributed by atoms with Gasteiger partial charge in [-0.2, -0.15) is 0 Å². The number of piperazine rings is 1. The molecular formula is C24H29N7O. The minimum Gasteiger partial charge on any atom is -0.439 e. The van der Waals surface area contributed by atoms with Gasteiger partial charge in [0.1, 0.15) is 5.75 Å². The molecule has 0 bridgehead atoms. The zero-order chi connectivity index (χ0) is 22.3. The Morgan fingerprint density at radius 3 is 2.47 bits per heavy atom. The molecule has 1 saturated heterocycles. The van der Waals surface area contributed by atoms with E-state index in [0.29, 0.717) is 12.4 Å². The summed E-state index contributed by atoms with van der Waals surface area (Å²) < 4.78 is 5.96. The molecule has 0 radical (unpaired) electrons. The minimum absolute atomic E-state index is 0.582. The van der Waals surface area contributed by atoms with Crippen molar-refractivity contribution in [3.63, 3.8) is 0 Å². The van der Waals surface area contributed by atoms with E-state index in [4.69, 9.17) is 4.74 Å². The maximum Gasteiger partial charge on any atom is 0.225 e. The zero-order valence-electron chi connectivity index (χ0n) is 18.8. The van der Waals surface area contributed by atoms with Gasteiger partial charge in [-0.3, -0.25) is 4.99 Å². The van der Waals surface area contributed by atoms with Crippen LogP contribution in [0.15, 0.2) is 60.0 Å². The van der Waals surface area contributed by atoms with Crippen LogP contribution < -0.4 is 15.0 Å². The molecule has 8 nitrogen and oxygen atoms in total. The normalized spacial score (nSPS) is 14.4. The molecular weight excluding hydrogens is 402 g/mol. The number of nitrogens with zero attached hydrogens (tertiary/aromatic N) is 6. The summed E-state index contributed by atoms with van der Waals surface area (Å²) in [5.74, 6) is 3.04. The van der Waals surface area contributed by atoms with E-state index in [0.717, 1.165) is 49.4 Å². The molecule has 1 aromatic carbocycles. The molecule has 1 aliphatic rings. The van der Waals surface area contributed by atoms with Crippen molar-refractivity contribution in [3.05, 3.63) is 71.7 Å². The van der Waals surface area contributed by atoms with Crippen molar-refractivity contribution in [1.82, 2.24) is 25.2 Å². The summed E-state index contributed by atoms with van der Waals surface area (Å²) in [6, 6.07) is 11.8. The summed E-state index contributed by atoms with van der Waals surface area (Å²) in [4.78, 5) is 22.0. The molecule has 3 heterocycles. The van der Waals surface area contributed by atoms with E-state index >= 15 is 0 Å². The van der Waals surface area contributed by atoms with E-state index in [9.17, 15) is 0 Å². The quantitative estimate of drug-likeness (QED) is 0.491. The highest BCUT2D eigenvalue weighted by Gasteiger charge is 2.21. The van der Waals surface area contributed by atoms with Gasteiger partial charge in [-0.05, 0) is 54.8 Å². The number of hydrogen-bond acceptors (Lipinski definition) is 6. The minimum atomic E-state index is 0.582. The zero-order valence-corrected chi connectivity index (χ0v) is 18.8. The van der Waals surface area contributed by atoms with Crippen LogP contribution >= 0.6 is 0 Å². The SMILES string of the molecule is CN=C(NCc1ccnc(Oc2ccc(C)c(C)c2)c1)N1CCN(c2ncccn2)CC1. The van der Waals surface area contributed by atoms with Gasteiger partial charge in [-0.15, -0.1) is 0 Å². The average molecular weight is 432 g/mol. The smallest absolute Gasteiger partial charge is 0.225 e. The van der Waals surface area contributed by atoms with Gasteiger partial charge in [0, 0.05) is 64.4 Å². The first-order chi connectivity index (χ1) is 15.6. The lowest BCUT2D eigenvalue weighted by Gasteiger charge is -2.36. The Morgan fingerprint density at radius 1 is 0.969 bits per heavy atom. The fraction of sp³-hybridized carbons (Fsp3) is 0.333. The number of aryl methyl sites for hydroxylation is 2. The molecule has 0 atom stereocenters. The van der Waals surface area contributed by atoms with E-state index in [2.05, 4.69) is 55.0 Å². The van der Waals surface area contributed by atoms with E-state index in [-0.39, 0.29) is 0 Å². The number of nitrogens with one attached hydrogen (secondary N) is 1. The van der Waals surface area contributed by atoms with Crippen molar-refractivity contribution in [2.24, 2.45) is 4.99 Å². The number of hydrogen-bond donors (Lipinski definition) is 1. The predicted molar refractivity (Wildman–Crippen MR) is 126 cm³/mol. The Kier molecular flexibility index (Phi) is 6.79. The summed E-state index contributed by atoms with van der Waals surface area (Å²) in [5, 5.41) is 3.46.